The minimum absolute atomic E-state index is 0.454. The van der Waals surface area contributed by atoms with E-state index in [0.29, 0.717) is 8.84 Å². The Morgan fingerprint density at radius 2 is 1.37 bits per heavy atom. The summed E-state index contributed by atoms with van der Waals surface area (Å²) >= 11 is 2.58. The molecule has 0 atom stereocenters. The normalized spacial score (nSPS) is 12.6. The standard InChI is InChI=1S/C26H45I/c1-8-25(4,5)19-13-9-11-15-23-18-17-21(2)24(22(23)3)16-12-10-14-20-26(6,7)27/h17-18H,8-16,19-20H2,1-7H3. The van der Waals surface area contributed by atoms with Gasteiger partial charge in [0.2, 0.25) is 0 Å². The Bertz CT molecular complexity index is 548. The van der Waals surface area contributed by atoms with Gasteiger partial charge in [-0.3, -0.25) is 0 Å². The Morgan fingerprint density at radius 3 is 1.96 bits per heavy atom. The van der Waals surface area contributed by atoms with Gasteiger partial charge in [-0.1, -0.05) is 101 Å². The molecular weight excluding hydrogens is 439 g/mol. The van der Waals surface area contributed by atoms with Crippen LogP contribution in [0.1, 0.15) is 115 Å². The maximum atomic E-state index is 2.58. The number of aryl methyl sites for hydroxylation is 2. The molecule has 156 valence electrons. The molecule has 0 nitrogen and oxygen atoms in total. The topological polar surface area (TPSA) is 0 Å². The SMILES string of the molecule is CCC(C)(C)CCCCCc1ccc(C)c(CCCCCC(C)(C)I)c1C. The van der Waals surface area contributed by atoms with Crippen LogP contribution in [0.4, 0.5) is 0 Å². The lowest BCUT2D eigenvalue weighted by atomic mass is 9.84. The predicted octanol–water partition coefficient (Wildman–Crippen LogP) is 9.16. The van der Waals surface area contributed by atoms with Gasteiger partial charge in [0.1, 0.15) is 0 Å². The summed E-state index contributed by atoms with van der Waals surface area (Å²) in [5.74, 6) is 0. The van der Waals surface area contributed by atoms with Crippen molar-refractivity contribution in [3.63, 3.8) is 0 Å². The molecule has 0 amide bonds. The molecule has 0 spiro atoms. The smallest absolute Gasteiger partial charge is 0.0166 e. The van der Waals surface area contributed by atoms with E-state index in [9.17, 15) is 0 Å². The Hall–Kier alpha value is -0.0500. The number of rotatable bonds is 13. The van der Waals surface area contributed by atoms with Crippen molar-refractivity contribution in [2.45, 2.75) is 123 Å². The number of hydrogen-bond acceptors (Lipinski definition) is 0. The fraction of sp³-hybridized carbons (Fsp3) is 0.769. The largest absolute Gasteiger partial charge is 0.0795 e. The van der Waals surface area contributed by atoms with Crippen LogP contribution in [0.5, 0.6) is 0 Å². The van der Waals surface area contributed by atoms with Crippen molar-refractivity contribution in [1.82, 2.24) is 0 Å². The molecule has 1 aromatic carbocycles. The number of alkyl halides is 1. The molecule has 27 heavy (non-hydrogen) atoms. The van der Waals surface area contributed by atoms with E-state index in [1.165, 1.54) is 76.2 Å². The van der Waals surface area contributed by atoms with Crippen molar-refractivity contribution in [3.05, 3.63) is 34.4 Å². The zero-order valence-corrected chi connectivity index (χ0v) is 21.5. The summed E-state index contributed by atoms with van der Waals surface area (Å²) in [5, 5.41) is 0. The zero-order chi connectivity index (χ0) is 20.5. The first-order chi connectivity index (χ1) is 12.6. The van der Waals surface area contributed by atoms with E-state index in [4.69, 9.17) is 0 Å². The van der Waals surface area contributed by atoms with Crippen LogP contribution < -0.4 is 0 Å². The second-order valence-corrected chi connectivity index (χ2v) is 12.9. The Labute approximate surface area is 184 Å². The highest BCUT2D eigenvalue weighted by molar-refractivity contribution is 14.1. The minimum atomic E-state index is 0.454. The van der Waals surface area contributed by atoms with Gasteiger partial charge in [0.25, 0.3) is 0 Å². The van der Waals surface area contributed by atoms with Crippen LogP contribution in [0.2, 0.25) is 0 Å². The minimum Gasteiger partial charge on any atom is -0.0795 e. The molecule has 0 bridgehead atoms. The van der Waals surface area contributed by atoms with Gasteiger partial charge in [-0.25, -0.2) is 0 Å². The van der Waals surface area contributed by atoms with Crippen LogP contribution in [0.15, 0.2) is 12.1 Å². The van der Waals surface area contributed by atoms with Crippen molar-refractivity contribution in [1.29, 1.82) is 0 Å². The van der Waals surface area contributed by atoms with E-state index >= 15 is 0 Å². The third-order valence-electron chi connectivity index (χ3n) is 6.40. The Morgan fingerprint density at radius 1 is 0.778 bits per heavy atom. The molecule has 0 aliphatic heterocycles. The van der Waals surface area contributed by atoms with E-state index in [-0.39, 0.29) is 0 Å². The molecule has 1 aromatic rings. The van der Waals surface area contributed by atoms with E-state index in [0.717, 1.165) is 0 Å². The zero-order valence-electron chi connectivity index (χ0n) is 19.3. The van der Waals surface area contributed by atoms with Crippen molar-refractivity contribution in [3.8, 4) is 0 Å². The second-order valence-electron chi connectivity index (χ2n) is 10.0. The Kier molecular flexibility index (Phi) is 10.9. The van der Waals surface area contributed by atoms with Crippen molar-refractivity contribution >= 4 is 22.6 Å². The van der Waals surface area contributed by atoms with Gasteiger partial charge >= 0.3 is 0 Å². The van der Waals surface area contributed by atoms with Gasteiger partial charge in [-0.2, -0.15) is 0 Å². The van der Waals surface area contributed by atoms with Gasteiger partial charge in [-0.15, -0.1) is 0 Å². The molecule has 0 heterocycles. The molecule has 1 rings (SSSR count). The second kappa shape index (κ2) is 11.8. The molecule has 0 radical (unpaired) electrons. The Balaban J connectivity index is 2.45. The predicted molar refractivity (Wildman–Crippen MR) is 132 cm³/mol. The molecule has 0 aliphatic carbocycles. The number of unbranched alkanes of at least 4 members (excludes halogenated alkanes) is 4. The lowest BCUT2D eigenvalue weighted by Crippen LogP contribution is -2.09. The van der Waals surface area contributed by atoms with Crippen LogP contribution in [0.25, 0.3) is 0 Å². The summed E-state index contributed by atoms with van der Waals surface area (Å²) in [6, 6.07) is 4.76. The number of hydrogen-bond donors (Lipinski definition) is 0. The van der Waals surface area contributed by atoms with E-state index in [2.05, 4.69) is 83.2 Å². The average Bonchev–Trinajstić information content (AvgIpc) is 2.57. The monoisotopic (exact) mass is 484 g/mol. The quantitative estimate of drug-likeness (QED) is 0.149. The summed E-state index contributed by atoms with van der Waals surface area (Å²) in [6.07, 6.45) is 14.7. The summed E-state index contributed by atoms with van der Waals surface area (Å²) in [6.45, 7) is 16.5. The summed E-state index contributed by atoms with van der Waals surface area (Å²) < 4.78 is 0.454. The third kappa shape index (κ3) is 10.3. The van der Waals surface area contributed by atoms with Crippen LogP contribution in [0.3, 0.4) is 0 Å². The van der Waals surface area contributed by atoms with Crippen LogP contribution in [-0.2, 0) is 12.8 Å². The van der Waals surface area contributed by atoms with Crippen molar-refractivity contribution < 1.29 is 0 Å². The fourth-order valence-electron chi connectivity index (χ4n) is 3.89. The van der Waals surface area contributed by atoms with Crippen molar-refractivity contribution in [2.24, 2.45) is 5.41 Å². The summed E-state index contributed by atoms with van der Waals surface area (Å²) in [4.78, 5) is 0. The molecule has 0 aliphatic rings. The van der Waals surface area contributed by atoms with Crippen LogP contribution in [0, 0.1) is 19.3 Å². The molecule has 1 heteroatoms. The van der Waals surface area contributed by atoms with Gasteiger partial charge in [-0.05, 0) is 80.0 Å². The first kappa shape index (κ1) is 25.0. The van der Waals surface area contributed by atoms with Gasteiger partial charge in [0.15, 0.2) is 0 Å². The highest BCUT2D eigenvalue weighted by Gasteiger charge is 2.14. The van der Waals surface area contributed by atoms with Crippen LogP contribution in [-0.4, -0.2) is 3.42 Å². The van der Waals surface area contributed by atoms with E-state index < -0.39 is 0 Å². The highest BCUT2D eigenvalue weighted by Crippen LogP contribution is 2.28. The maximum Gasteiger partial charge on any atom is 0.0166 e. The highest BCUT2D eigenvalue weighted by atomic mass is 127. The first-order valence-corrected chi connectivity index (χ1v) is 12.4. The fourth-order valence-corrected chi connectivity index (χ4v) is 4.27. The summed E-state index contributed by atoms with van der Waals surface area (Å²) in [5.41, 5.74) is 6.83. The number of halogens is 1. The molecule has 0 saturated carbocycles. The first-order valence-electron chi connectivity index (χ1n) is 11.3. The molecule has 0 aromatic heterocycles. The molecular formula is C26H45I. The molecule has 0 saturated heterocycles. The maximum absolute atomic E-state index is 2.58. The van der Waals surface area contributed by atoms with E-state index in [1.807, 2.05) is 0 Å². The third-order valence-corrected chi connectivity index (χ3v) is 6.94. The summed E-state index contributed by atoms with van der Waals surface area (Å²) in [7, 11) is 0. The van der Waals surface area contributed by atoms with Crippen molar-refractivity contribution in [2.75, 3.05) is 0 Å². The average molecular weight is 485 g/mol. The number of benzene rings is 1. The van der Waals surface area contributed by atoms with Gasteiger partial charge in [0.05, 0.1) is 0 Å². The molecule has 0 N–H and O–H groups in total. The van der Waals surface area contributed by atoms with Gasteiger partial charge in [0, 0.05) is 3.42 Å². The van der Waals surface area contributed by atoms with Crippen LogP contribution >= 0.6 is 22.6 Å². The molecule has 0 unspecified atom stereocenters. The van der Waals surface area contributed by atoms with E-state index in [1.54, 1.807) is 16.7 Å². The molecule has 0 fully saturated rings. The lowest BCUT2D eigenvalue weighted by Gasteiger charge is -2.22. The lowest BCUT2D eigenvalue weighted by molar-refractivity contribution is 0.308. The van der Waals surface area contributed by atoms with Gasteiger partial charge < -0.3 is 0 Å².